The number of rotatable bonds is 3. The minimum atomic E-state index is -2.97. The predicted octanol–water partition coefficient (Wildman–Crippen LogP) is 1.99. The molecule has 19 heavy (non-hydrogen) atoms. The molecule has 110 valence electrons. The zero-order valence-electron chi connectivity index (χ0n) is 12.0. The largest absolute Gasteiger partial charge is 0.336 e. The second-order valence-corrected chi connectivity index (χ2v) is 8.44. The molecule has 2 fully saturated rings. The van der Waals surface area contributed by atoms with Crippen molar-refractivity contribution in [3.05, 3.63) is 0 Å². The summed E-state index contributed by atoms with van der Waals surface area (Å²) in [5, 5.41) is 0. The smallest absolute Gasteiger partial charge is 0.226 e. The number of sulfone groups is 1. The van der Waals surface area contributed by atoms with Crippen LogP contribution in [-0.4, -0.2) is 42.8 Å². The number of carbonyl (C=O) groups excluding carboxylic acids is 1. The van der Waals surface area contributed by atoms with Gasteiger partial charge in [0.25, 0.3) is 0 Å². The Labute approximate surface area is 116 Å². The maximum Gasteiger partial charge on any atom is 0.226 e. The molecule has 0 spiro atoms. The lowest BCUT2D eigenvalue weighted by Crippen LogP contribution is -2.52. The zero-order valence-corrected chi connectivity index (χ0v) is 12.8. The number of hydrogen-bond donors (Lipinski definition) is 0. The van der Waals surface area contributed by atoms with Crippen molar-refractivity contribution in [3.8, 4) is 0 Å². The molecule has 1 saturated carbocycles. The van der Waals surface area contributed by atoms with Crippen LogP contribution in [0.15, 0.2) is 0 Å². The molecule has 0 aromatic carbocycles. The Morgan fingerprint density at radius 1 is 1.26 bits per heavy atom. The maximum absolute atomic E-state index is 12.7. The Kier molecular flexibility index (Phi) is 4.23. The molecular formula is C14H25NO3S. The van der Waals surface area contributed by atoms with Crippen molar-refractivity contribution in [1.82, 2.24) is 4.90 Å². The molecule has 2 aliphatic rings. The van der Waals surface area contributed by atoms with Crippen molar-refractivity contribution in [1.29, 1.82) is 0 Å². The molecule has 0 radical (unpaired) electrons. The van der Waals surface area contributed by atoms with Gasteiger partial charge in [-0.25, -0.2) is 8.42 Å². The third kappa shape index (κ3) is 3.12. The third-order valence-corrected chi connectivity index (χ3v) is 6.56. The third-order valence-electron chi connectivity index (χ3n) is 4.67. The van der Waals surface area contributed by atoms with Gasteiger partial charge in [0.15, 0.2) is 9.84 Å². The average Bonchev–Trinajstić information content (AvgIpc) is 2.66. The first-order chi connectivity index (χ1) is 8.88. The fourth-order valence-corrected chi connectivity index (χ4v) is 5.72. The molecule has 1 unspecified atom stereocenters. The topological polar surface area (TPSA) is 54.5 Å². The van der Waals surface area contributed by atoms with Gasteiger partial charge in [-0.2, -0.15) is 0 Å². The van der Waals surface area contributed by atoms with Crippen molar-refractivity contribution >= 4 is 15.7 Å². The fraction of sp³-hybridized carbons (Fsp3) is 0.929. The van der Waals surface area contributed by atoms with E-state index in [1.54, 1.807) is 0 Å². The van der Waals surface area contributed by atoms with Gasteiger partial charge < -0.3 is 4.90 Å². The Bertz CT molecular complexity index is 440. The van der Waals surface area contributed by atoms with Gasteiger partial charge in [0.1, 0.15) is 0 Å². The van der Waals surface area contributed by atoms with E-state index in [9.17, 15) is 13.2 Å². The minimum Gasteiger partial charge on any atom is -0.336 e. The molecule has 5 heteroatoms. The van der Waals surface area contributed by atoms with Crippen LogP contribution in [-0.2, 0) is 14.6 Å². The van der Waals surface area contributed by atoms with Gasteiger partial charge in [-0.15, -0.1) is 0 Å². The summed E-state index contributed by atoms with van der Waals surface area (Å²) < 4.78 is 23.5. The summed E-state index contributed by atoms with van der Waals surface area (Å²) in [5.41, 5.74) is -0.484. The lowest BCUT2D eigenvalue weighted by atomic mass is 9.86. The van der Waals surface area contributed by atoms with Gasteiger partial charge in [-0.05, 0) is 33.1 Å². The molecule has 0 aromatic rings. The highest BCUT2D eigenvalue weighted by Crippen LogP contribution is 2.33. The Morgan fingerprint density at radius 3 is 2.37 bits per heavy atom. The maximum atomic E-state index is 12.7. The van der Waals surface area contributed by atoms with Crippen LogP contribution in [0.1, 0.15) is 52.4 Å². The lowest BCUT2D eigenvalue weighted by molar-refractivity contribution is -0.141. The molecule has 1 aliphatic carbocycles. The highest BCUT2D eigenvalue weighted by Gasteiger charge is 2.45. The summed E-state index contributed by atoms with van der Waals surface area (Å²) in [6.45, 7) is 4.50. The summed E-state index contributed by atoms with van der Waals surface area (Å²) in [7, 11) is -2.97. The molecule has 4 nitrogen and oxygen atoms in total. The van der Waals surface area contributed by atoms with Crippen molar-refractivity contribution in [2.45, 2.75) is 57.9 Å². The molecule has 1 heterocycles. The van der Waals surface area contributed by atoms with Gasteiger partial charge >= 0.3 is 0 Å². The van der Waals surface area contributed by atoms with Crippen LogP contribution in [0.4, 0.5) is 0 Å². The number of carbonyl (C=O) groups is 1. The van der Waals surface area contributed by atoms with E-state index < -0.39 is 15.4 Å². The summed E-state index contributed by atoms with van der Waals surface area (Å²) in [6, 6.07) is 0. The molecule has 1 atom stereocenters. The first kappa shape index (κ1) is 14.8. The van der Waals surface area contributed by atoms with E-state index in [1.165, 1.54) is 6.42 Å². The van der Waals surface area contributed by atoms with Crippen LogP contribution in [0.3, 0.4) is 0 Å². The van der Waals surface area contributed by atoms with Crippen LogP contribution >= 0.6 is 0 Å². The van der Waals surface area contributed by atoms with Gasteiger partial charge in [0.2, 0.25) is 5.91 Å². The summed E-state index contributed by atoms with van der Waals surface area (Å²) >= 11 is 0. The van der Waals surface area contributed by atoms with Crippen LogP contribution in [0.25, 0.3) is 0 Å². The first-order valence-corrected chi connectivity index (χ1v) is 9.22. The van der Waals surface area contributed by atoms with Gasteiger partial charge in [-0.1, -0.05) is 19.3 Å². The summed E-state index contributed by atoms with van der Waals surface area (Å²) in [6.07, 6.45) is 6.01. The fourth-order valence-electron chi connectivity index (χ4n) is 3.58. The monoisotopic (exact) mass is 287 g/mol. The van der Waals surface area contributed by atoms with E-state index in [2.05, 4.69) is 0 Å². The number of nitrogens with zero attached hydrogens (tertiary/aromatic N) is 1. The standard InChI is InChI=1S/C14H25NO3S/c1-3-15(13(16)12-7-5-4-6-8-12)14(2)9-10-19(17,18)11-14/h12H,3-11H2,1-2H3. The molecule has 0 bridgehead atoms. The van der Waals surface area contributed by atoms with E-state index in [0.717, 1.165) is 25.7 Å². The van der Waals surface area contributed by atoms with Crippen molar-refractivity contribution in [2.75, 3.05) is 18.1 Å². The Balaban J connectivity index is 2.13. The van der Waals surface area contributed by atoms with Gasteiger partial charge in [0.05, 0.1) is 17.0 Å². The molecule has 1 aliphatic heterocycles. The highest BCUT2D eigenvalue weighted by molar-refractivity contribution is 7.91. The van der Waals surface area contributed by atoms with E-state index >= 15 is 0 Å². The van der Waals surface area contributed by atoms with Gasteiger partial charge in [-0.3, -0.25) is 4.79 Å². The second kappa shape index (κ2) is 5.43. The van der Waals surface area contributed by atoms with E-state index in [1.807, 2.05) is 18.7 Å². The molecule has 1 amide bonds. The molecular weight excluding hydrogens is 262 g/mol. The number of amides is 1. The Hall–Kier alpha value is -0.580. The first-order valence-electron chi connectivity index (χ1n) is 7.40. The molecule has 0 N–H and O–H groups in total. The molecule has 2 rings (SSSR count). The van der Waals surface area contributed by atoms with E-state index in [-0.39, 0.29) is 23.3 Å². The molecule has 0 aromatic heterocycles. The molecule has 1 saturated heterocycles. The van der Waals surface area contributed by atoms with Crippen LogP contribution in [0.2, 0.25) is 0 Å². The van der Waals surface area contributed by atoms with Gasteiger partial charge in [0, 0.05) is 12.5 Å². The van der Waals surface area contributed by atoms with Crippen molar-refractivity contribution in [2.24, 2.45) is 5.92 Å². The zero-order chi connectivity index (χ0) is 14.1. The minimum absolute atomic E-state index is 0.119. The van der Waals surface area contributed by atoms with Crippen LogP contribution < -0.4 is 0 Å². The predicted molar refractivity (Wildman–Crippen MR) is 75.6 cm³/mol. The lowest BCUT2D eigenvalue weighted by Gasteiger charge is -2.39. The average molecular weight is 287 g/mol. The SMILES string of the molecule is CCN(C(=O)C1CCCCC1)C1(C)CCS(=O)(=O)C1. The summed E-state index contributed by atoms with van der Waals surface area (Å²) in [4.78, 5) is 14.5. The Morgan fingerprint density at radius 2 is 1.89 bits per heavy atom. The van der Waals surface area contributed by atoms with Crippen molar-refractivity contribution in [3.63, 3.8) is 0 Å². The number of hydrogen-bond acceptors (Lipinski definition) is 3. The quantitative estimate of drug-likeness (QED) is 0.797. The second-order valence-electron chi connectivity index (χ2n) is 6.26. The highest BCUT2D eigenvalue weighted by atomic mass is 32.2. The van der Waals surface area contributed by atoms with E-state index in [4.69, 9.17) is 0 Å². The van der Waals surface area contributed by atoms with E-state index in [0.29, 0.717) is 13.0 Å². The van der Waals surface area contributed by atoms with Crippen molar-refractivity contribution < 1.29 is 13.2 Å². The normalized spacial score (nSPS) is 31.3. The van der Waals surface area contributed by atoms with Crippen LogP contribution in [0.5, 0.6) is 0 Å². The summed E-state index contributed by atoms with van der Waals surface area (Å²) in [5.74, 6) is 0.653. The van der Waals surface area contributed by atoms with Crippen LogP contribution in [0, 0.1) is 5.92 Å².